The normalized spacial score (nSPS) is 13.9. The highest BCUT2D eigenvalue weighted by atomic mass is 16.5. The molecule has 0 aliphatic carbocycles. The minimum atomic E-state index is -0.738. The van der Waals surface area contributed by atoms with E-state index in [1.165, 1.54) is 0 Å². The Balaban J connectivity index is 3.39. The standard InChI is InChI=1S/C13H21NO4/c1-13(14,5-6-15)12-10(17-3)7-9(16-2)8-11(12)18-4/h7-8,15H,5-6,14H2,1-4H3. The molecule has 0 aromatic heterocycles. The molecule has 1 unspecified atom stereocenters. The van der Waals surface area contributed by atoms with Crippen molar-refractivity contribution < 1.29 is 19.3 Å². The predicted molar refractivity (Wildman–Crippen MR) is 69.3 cm³/mol. The summed E-state index contributed by atoms with van der Waals surface area (Å²) in [4.78, 5) is 0. The molecule has 0 aliphatic rings. The molecule has 0 amide bonds. The zero-order chi connectivity index (χ0) is 13.8. The van der Waals surface area contributed by atoms with Crippen molar-refractivity contribution in [2.24, 2.45) is 5.73 Å². The number of rotatable bonds is 6. The van der Waals surface area contributed by atoms with Gasteiger partial charge in [-0.05, 0) is 13.3 Å². The molecule has 0 bridgehead atoms. The van der Waals surface area contributed by atoms with Crippen molar-refractivity contribution in [1.29, 1.82) is 0 Å². The van der Waals surface area contributed by atoms with Crippen LogP contribution in [0.15, 0.2) is 12.1 Å². The molecule has 0 fully saturated rings. The van der Waals surface area contributed by atoms with Crippen molar-refractivity contribution in [3.05, 3.63) is 17.7 Å². The first-order valence-electron chi connectivity index (χ1n) is 5.70. The summed E-state index contributed by atoms with van der Waals surface area (Å²) in [5.74, 6) is 1.81. The monoisotopic (exact) mass is 255 g/mol. The predicted octanol–water partition coefficient (Wildman–Crippen LogP) is 1.27. The molecule has 1 aromatic rings. The first kappa shape index (κ1) is 14.6. The van der Waals surface area contributed by atoms with Crippen molar-refractivity contribution in [1.82, 2.24) is 0 Å². The van der Waals surface area contributed by atoms with Crippen LogP contribution in [0.5, 0.6) is 17.2 Å². The summed E-state index contributed by atoms with van der Waals surface area (Å²) in [7, 11) is 4.70. The quantitative estimate of drug-likeness (QED) is 0.800. The van der Waals surface area contributed by atoms with Crippen LogP contribution in [-0.4, -0.2) is 33.0 Å². The molecule has 3 N–H and O–H groups in total. The van der Waals surface area contributed by atoms with Crippen LogP contribution in [0, 0.1) is 0 Å². The molecule has 0 radical (unpaired) electrons. The van der Waals surface area contributed by atoms with Gasteiger partial charge in [0.2, 0.25) is 0 Å². The summed E-state index contributed by atoms with van der Waals surface area (Å²) < 4.78 is 15.9. The van der Waals surface area contributed by atoms with Gasteiger partial charge in [0.1, 0.15) is 17.2 Å². The highest BCUT2D eigenvalue weighted by molar-refractivity contribution is 5.54. The smallest absolute Gasteiger partial charge is 0.131 e. The van der Waals surface area contributed by atoms with Gasteiger partial charge in [0, 0.05) is 24.3 Å². The lowest BCUT2D eigenvalue weighted by Crippen LogP contribution is -2.35. The van der Waals surface area contributed by atoms with Gasteiger partial charge < -0.3 is 25.1 Å². The van der Waals surface area contributed by atoms with Crippen molar-refractivity contribution in [2.75, 3.05) is 27.9 Å². The second-order valence-electron chi connectivity index (χ2n) is 4.30. The Morgan fingerprint density at radius 2 is 1.61 bits per heavy atom. The SMILES string of the molecule is COc1cc(OC)c(C(C)(N)CCO)c(OC)c1. The maximum Gasteiger partial charge on any atom is 0.131 e. The van der Waals surface area contributed by atoms with Gasteiger partial charge in [0.05, 0.1) is 26.9 Å². The third-order valence-corrected chi connectivity index (χ3v) is 2.92. The summed E-state index contributed by atoms with van der Waals surface area (Å²) in [6, 6.07) is 3.50. The van der Waals surface area contributed by atoms with E-state index in [2.05, 4.69) is 0 Å². The number of aliphatic hydroxyl groups excluding tert-OH is 1. The molecule has 0 heterocycles. The summed E-state index contributed by atoms with van der Waals surface area (Å²) >= 11 is 0. The zero-order valence-electron chi connectivity index (χ0n) is 11.3. The number of nitrogens with two attached hydrogens (primary N) is 1. The third-order valence-electron chi connectivity index (χ3n) is 2.92. The first-order chi connectivity index (χ1) is 8.50. The highest BCUT2D eigenvalue weighted by Crippen LogP contribution is 2.41. The van der Waals surface area contributed by atoms with E-state index in [0.717, 1.165) is 5.56 Å². The Hall–Kier alpha value is -1.46. The van der Waals surface area contributed by atoms with E-state index < -0.39 is 5.54 Å². The van der Waals surface area contributed by atoms with Crippen LogP contribution in [0.3, 0.4) is 0 Å². The largest absolute Gasteiger partial charge is 0.496 e. The first-order valence-corrected chi connectivity index (χ1v) is 5.70. The molecule has 0 spiro atoms. The fourth-order valence-electron chi connectivity index (χ4n) is 1.93. The van der Waals surface area contributed by atoms with Crippen molar-refractivity contribution in [3.8, 4) is 17.2 Å². The number of ether oxygens (including phenoxy) is 3. The van der Waals surface area contributed by atoms with Gasteiger partial charge >= 0.3 is 0 Å². The lowest BCUT2D eigenvalue weighted by atomic mass is 9.88. The summed E-state index contributed by atoms with van der Waals surface area (Å²) in [6.07, 6.45) is 0.409. The van der Waals surface area contributed by atoms with Gasteiger partial charge in [0.15, 0.2) is 0 Å². The highest BCUT2D eigenvalue weighted by Gasteiger charge is 2.29. The lowest BCUT2D eigenvalue weighted by molar-refractivity contribution is 0.240. The van der Waals surface area contributed by atoms with Crippen LogP contribution in [-0.2, 0) is 5.54 Å². The number of aliphatic hydroxyl groups is 1. The Bertz CT molecular complexity index is 379. The van der Waals surface area contributed by atoms with Crippen LogP contribution in [0.4, 0.5) is 0 Å². The summed E-state index contributed by atoms with van der Waals surface area (Å²) in [6.45, 7) is 1.82. The molecule has 0 saturated heterocycles. The van der Waals surface area contributed by atoms with Crippen molar-refractivity contribution >= 4 is 0 Å². The molecule has 0 aliphatic heterocycles. The average molecular weight is 255 g/mol. The van der Waals surface area contributed by atoms with Gasteiger partial charge in [-0.2, -0.15) is 0 Å². The molecular weight excluding hydrogens is 234 g/mol. The molecule has 1 rings (SSSR count). The molecule has 1 atom stereocenters. The second-order valence-corrected chi connectivity index (χ2v) is 4.30. The Morgan fingerprint density at radius 1 is 1.11 bits per heavy atom. The summed E-state index contributed by atoms with van der Waals surface area (Å²) in [5, 5.41) is 9.10. The van der Waals surface area contributed by atoms with Gasteiger partial charge in [-0.15, -0.1) is 0 Å². The van der Waals surface area contributed by atoms with E-state index in [1.807, 2.05) is 6.92 Å². The summed E-state index contributed by atoms with van der Waals surface area (Å²) in [5.41, 5.74) is 6.22. The Labute approximate surface area is 107 Å². The second kappa shape index (κ2) is 5.93. The number of methoxy groups -OCH3 is 3. The zero-order valence-corrected chi connectivity index (χ0v) is 11.3. The fraction of sp³-hybridized carbons (Fsp3) is 0.538. The molecule has 18 heavy (non-hydrogen) atoms. The van der Waals surface area contributed by atoms with Crippen molar-refractivity contribution in [2.45, 2.75) is 18.9 Å². The van der Waals surface area contributed by atoms with Crippen LogP contribution < -0.4 is 19.9 Å². The van der Waals surface area contributed by atoms with Crippen LogP contribution >= 0.6 is 0 Å². The molecule has 5 heteroatoms. The van der Waals surface area contributed by atoms with E-state index in [-0.39, 0.29) is 6.61 Å². The number of hydrogen-bond donors (Lipinski definition) is 2. The van der Waals surface area contributed by atoms with Gasteiger partial charge in [-0.1, -0.05) is 0 Å². The molecular formula is C13H21NO4. The number of benzene rings is 1. The maximum atomic E-state index is 9.10. The van der Waals surface area contributed by atoms with Crippen LogP contribution in [0.1, 0.15) is 18.9 Å². The van der Waals surface area contributed by atoms with Crippen LogP contribution in [0.25, 0.3) is 0 Å². The fourth-order valence-corrected chi connectivity index (χ4v) is 1.93. The Kier molecular flexibility index (Phi) is 4.81. The number of hydrogen-bond acceptors (Lipinski definition) is 5. The third kappa shape index (κ3) is 2.86. The minimum absolute atomic E-state index is 0.00859. The van der Waals surface area contributed by atoms with Crippen molar-refractivity contribution in [3.63, 3.8) is 0 Å². The van der Waals surface area contributed by atoms with Gasteiger partial charge in [-0.3, -0.25) is 0 Å². The van der Waals surface area contributed by atoms with Gasteiger partial charge in [0.25, 0.3) is 0 Å². The lowest BCUT2D eigenvalue weighted by Gasteiger charge is -2.28. The molecule has 102 valence electrons. The van der Waals surface area contributed by atoms with E-state index >= 15 is 0 Å². The maximum absolute atomic E-state index is 9.10. The molecule has 0 saturated carbocycles. The average Bonchev–Trinajstić information content (AvgIpc) is 2.36. The van der Waals surface area contributed by atoms with Gasteiger partial charge in [-0.25, -0.2) is 0 Å². The van der Waals surface area contributed by atoms with E-state index in [4.69, 9.17) is 25.1 Å². The van der Waals surface area contributed by atoms with Crippen LogP contribution in [0.2, 0.25) is 0 Å². The Morgan fingerprint density at radius 3 is 1.94 bits per heavy atom. The molecule has 5 nitrogen and oxygen atoms in total. The van der Waals surface area contributed by atoms with E-state index in [9.17, 15) is 0 Å². The molecule has 1 aromatic carbocycles. The minimum Gasteiger partial charge on any atom is -0.496 e. The van der Waals surface area contributed by atoms with E-state index in [0.29, 0.717) is 23.7 Å². The van der Waals surface area contributed by atoms with E-state index in [1.54, 1.807) is 33.5 Å². The topological polar surface area (TPSA) is 73.9 Å².